The van der Waals surface area contributed by atoms with Gasteiger partial charge in [0.1, 0.15) is 0 Å². The Morgan fingerprint density at radius 3 is 1.32 bits per heavy atom. The summed E-state index contributed by atoms with van der Waals surface area (Å²) in [7, 11) is 0. The van der Waals surface area contributed by atoms with Crippen LogP contribution in [-0.2, 0) is 11.1 Å². The SMILES string of the molecule is CC/C=C\CCCC/C=C\CCC#N.CCC=CCCCCC=CCCC#N.Cc1ccc(S(=O)O)cc1. The molecular weight excluding hydrogens is 488 g/mol. The average Bonchev–Trinajstić information content (AvgIpc) is 2.92. The van der Waals surface area contributed by atoms with Gasteiger partial charge in [-0.05, 0) is 96.1 Å². The van der Waals surface area contributed by atoms with Gasteiger partial charge in [0.05, 0.1) is 17.0 Å². The monoisotopic (exact) mass is 538 g/mol. The minimum absolute atomic E-state index is 0.450. The molecule has 0 aliphatic rings. The third-order valence-corrected chi connectivity index (χ3v) is 5.86. The third-order valence-electron chi connectivity index (χ3n) is 5.19. The van der Waals surface area contributed by atoms with Crippen molar-refractivity contribution in [3.8, 4) is 12.1 Å². The summed E-state index contributed by atoms with van der Waals surface area (Å²) in [4.78, 5) is 0.450. The van der Waals surface area contributed by atoms with E-state index in [-0.39, 0.29) is 0 Å². The second kappa shape index (κ2) is 32.3. The van der Waals surface area contributed by atoms with Crippen molar-refractivity contribution in [1.29, 1.82) is 10.5 Å². The molecular formula is C33H50N2O2S. The van der Waals surface area contributed by atoms with Gasteiger partial charge in [0.15, 0.2) is 11.1 Å². The van der Waals surface area contributed by atoms with Crippen molar-refractivity contribution in [1.82, 2.24) is 0 Å². The Labute approximate surface area is 236 Å². The zero-order chi connectivity index (χ0) is 28.5. The highest BCUT2D eigenvalue weighted by Gasteiger charge is 1.95. The molecule has 1 rings (SSSR count). The van der Waals surface area contributed by atoms with E-state index in [0.717, 1.165) is 44.1 Å². The summed E-state index contributed by atoms with van der Waals surface area (Å²) in [5.41, 5.74) is 1.09. The van der Waals surface area contributed by atoms with Crippen LogP contribution in [0.15, 0.2) is 77.8 Å². The van der Waals surface area contributed by atoms with E-state index in [4.69, 9.17) is 15.1 Å². The van der Waals surface area contributed by atoms with Gasteiger partial charge in [-0.2, -0.15) is 10.5 Å². The molecule has 0 aromatic heterocycles. The second-order valence-corrected chi connectivity index (χ2v) is 9.70. The van der Waals surface area contributed by atoms with Crippen molar-refractivity contribution >= 4 is 11.1 Å². The maximum Gasteiger partial charge on any atom is 0.186 e. The Kier molecular flexibility index (Phi) is 31.8. The van der Waals surface area contributed by atoms with Crippen molar-refractivity contribution in [2.75, 3.05) is 0 Å². The largest absolute Gasteiger partial charge is 0.302 e. The second-order valence-electron chi connectivity index (χ2n) is 8.73. The summed E-state index contributed by atoms with van der Waals surface area (Å²) in [5, 5.41) is 16.6. The molecule has 0 aliphatic heterocycles. The summed E-state index contributed by atoms with van der Waals surface area (Å²) in [6.07, 6.45) is 32.8. The van der Waals surface area contributed by atoms with Crippen LogP contribution >= 0.6 is 0 Å². The molecule has 1 aromatic rings. The van der Waals surface area contributed by atoms with Crippen LogP contribution in [-0.4, -0.2) is 8.76 Å². The molecule has 0 spiro atoms. The van der Waals surface area contributed by atoms with Gasteiger partial charge >= 0.3 is 0 Å². The number of unbranched alkanes of at least 4 members (excludes halogenated alkanes) is 8. The van der Waals surface area contributed by atoms with E-state index in [1.165, 1.54) is 38.5 Å². The first kappa shape index (κ1) is 37.4. The van der Waals surface area contributed by atoms with Gasteiger partial charge < -0.3 is 4.55 Å². The molecule has 0 amide bonds. The normalized spacial score (nSPS) is 11.6. The Bertz CT molecular complexity index is 826. The highest BCUT2D eigenvalue weighted by molar-refractivity contribution is 7.79. The van der Waals surface area contributed by atoms with Crippen LogP contribution < -0.4 is 0 Å². The van der Waals surface area contributed by atoms with Crippen LogP contribution in [0.4, 0.5) is 0 Å². The van der Waals surface area contributed by atoms with Crippen molar-refractivity contribution in [3.63, 3.8) is 0 Å². The number of allylic oxidation sites excluding steroid dienone is 8. The van der Waals surface area contributed by atoms with Gasteiger partial charge in [-0.1, -0.05) is 80.2 Å². The lowest BCUT2D eigenvalue weighted by Crippen LogP contribution is -1.86. The molecule has 0 heterocycles. The number of hydrogen-bond acceptors (Lipinski definition) is 3. The molecule has 1 aromatic carbocycles. The lowest BCUT2D eigenvalue weighted by atomic mass is 10.1. The van der Waals surface area contributed by atoms with Gasteiger partial charge in [-0.3, -0.25) is 0 Å². The zero-order valence-electron chi connectivity index (χ0n) is 24.0. The van der Waals surface area contributed by atoms with Crippen LogP contribution in [0.5, 0.6) is 0 Å². The van der Waals surface area contributed by atoms with E-state index in [1.807, 2.05) is 19.1 Å². The van der Waals surface area contributed by atoms with Gasteiger partial charge in [0, 0.05) is 12.8 Å². The number of hydrogen-bond donors (Lipinski definition) is 1. The van der Waals surface area contributed by atoms with E-state index in [2.05, 4.69) is 74.6 Å². The summed E-state index contributed by atoms with van der Waals surface area (Å²) in [6, 6.07) is 11.2. The summed E-state index contributed by atoms with van der Waals surface area (Å²) in [5.74, 6) is 0. The third kappa shape index (κ3) is 31.3. The fraction of sp³-hybridized carbons (Fsp3) is 0.515. The minimum Gasteiger partial charge on any atom is -0.302 e. The fourth-order valence-corrected chi connectivity index (χ4v) is 3.41. The van der Waals surface area contributed by atoms with Gasteiger partial charge in [-0.15, -0.1) is 0 Å². The smallest absolute Gasteiger partial charge is 0.186 e. The van der Waals surface area contributed by atoms with Gasteiger partial charge in [0.25, 0.3) is 0 Å². The molecule has 210 valence electrons. The standard InChI is InChI=1S/2C13H21N.C7H8O2S/c2*1-2-3-4-5-6-7-8-9-10-11-12-13-14;1-6-2-4-7(5-3-6)10(8)9/h2*3-4,9-10H,2,5-8,11-12H2,1H3;2-5H,1H3,(H,8,9)/b4-3-,10-9-;;. The van der Waals surface area contributed by atoms with E-state index < -0.39 is 11.1 Å². The summed E-state index contributed by atoms with van der Waals surface area (Å²) >= 11 is -1.84. The Morgan fingerprint density at radius 1 is 0.658 bits per heavy atom. The molecule has 0 bridgehead atoms. The van der Waals surface area contributed by atoms with Crippen LogP contribution in [0.2, 0.25) is 0 Å². The Balaban J connectivity index is 0. The predicted octanol–water partition coefficient (Wildman–Crippen LogP) is 10.3. The highest BCUT2D eigenvalue weighted by Crippen LogP contribution is 2.06. The lowest BCUT2D eigenvalue weighted by molar-refractivity contribution is 0.564. The van der Waals surface area contributed by atoms with Crippen LogP contribution in [0.25, 0.3) is 0 Å². The molecule has 4 nitrogen and oxygen atoms in total. The van der Waals surface area contributed by atoms with E-state index in [0.29, 0.717) is 17.7 Å². The minimum atomic E-state index is -1.84. The van der Waals surface area contributed by atoms with E-state index in [9.17, 15) is 4.21 Å². The van der Waals surface area contributed by atoms with Crippen molar-refractivity contribution in [3.05, 3.63) is 78.4 Å². The fourth-order valence-electron chi connectivity index (χ4n) is 3.04. The topological polar surface area (TPSA) is 84.9 Å². The van der Waals surface area contributed by atoms with Crippen molar-refractivity contribution in [2.24, 2.45) is 0 Å². The maximum atomic E-state index is 10.4. The lowest BCUT2D eigenvalue weighted by Gasteiger charge is -1.93. The van der Waals surface area contributed by atoms with Crippen molar-refractivity contribution < 1.29 is 8.76 Å². The molecule has 0 radical (unpaired) electrons. The van der Waals surface area contributed by atoms with Gasteiger partial charge in [0.2, 0.25) is 0 Å². The van der Waals surface area contributed by atoms with Gasteiger partial charge in [-0.25, -0.2) is 4.21 Å². The summed E-state index contributed by atoms with van der Waals surface area (Å²) < 4.78 is 19.0. The zero-order valence-corrected chi connectivity index (χ0v) is 24.8. The molecule has 0 saturated heterocycles. The number of nitriles is 2. The molecule has 38 heavy (non-hydrogen) atoms. The molecule has 0 saturated carbocycles. The first-order chi connectivity index (χ1) is 18.5. The van der Waals surface area contributed by atoms with Crippen LogP contribution in [0, 0.1) is 29.6 Å². The van der Waals surface area contributed by atoms with E-state index >= 15 is 0 Å². The number of aryl methyl sites for hydroxylation is 1. The average molecular weight is 539 g/mol. The highest BCUT2D eigenvalue weighted by atomic mass is 32.2. The molecule has 5 heteroatoms. The predicted molar refractivity (Wildman–Crippen MR) is 164 cm³/mol. The molecule has 0 fully saturated rings. The molecule has 1 unspecified atom stereocenters. The molecule has 0 aliphatic carbocycles. The molecule has 1 N–H and O–H groups in total. The Hall–Kier alpha value is -2.73. The number of rotatable bonds is 17. The van der Waals surface area contributed by atoms with Crippen LogP contribution in [0.3, 0.4) is 0 Å². The quantitative estimate of drug-likeness (QED) is 0.121. The maximum absolute atomic E-state index is 10.4. The first-order valence-electron chi connectivity index (χ1n) is 14.0. The summed E-state index contributed by atoms with van der Waals surface area (Å²) in [6.45, 7) is 6.26. The number of benzene rings is 1. The van der Waals surface area contributed by atoms with Crippen molar-refractivity contribution in [2.45, 2.75) is 116 Å². The first-order valence-corrected chi connectivity index (χ1v) is 15.1. The van der Waals surface area contributed by atoms with Crippen LogP contribution in [0.1, 0.15) is 109 Å². The molecule has 1 atom stereocenters. The number of nitrogens with zero attached hydrogens (tertiary/aromatic N) is 2. The van der Waals surface area contributed by atoms with E-state index in [1.54, 1.807) is 12.1 Å². The Morgan fingerprint density at radius 2 is 1.00 bits per heavy atom.